The molecule has 1 amide bonds. The Hall–Kier alpha value is -3.52. The number of pyridine rings is 1. The Bertz CT molecular complexity index is 1250. The van der Waals surface area contributed by atoms with Crippen molar-refractivity contribution in [3.05, 3.63) is 53.4 Å². The van der Waals surface area contributed by atoms with Crippen LogP contribution in [0.2, 0.25) is 5.02 Å². The molecule has 3 aromatic heterocycles. The lowest BCUT2D eigenvalue weighted by molar-refractivity contribution is 0.102. The zero-order valence-electron chi connectivity index (χ0n) is 17.5. The van der Waals surface area contributed by atoms with Crippen molar-refractivity contribution in [2.45, 2.75) is 19.9 Å². The van der Waals surface area contributed by atoms with E-state index in [0.717, 1.165) is 0 Å². The van der Waals surface area contributed by atoms with E-state index in [1.165, 1.54) is 14.2 Å². The normalized spacial score (nSPS) is 11.2. The summed E-state index contributed by atoms with van der Waals surface area (Å²) < 4.78 is 17.9. The average Bonchev–Trinajstić information content (AvgIpc) is 3.43. The van der Waals surface area contributed by atoms with Crippen LogP contribution in [-0.4, -0.2) is 34.9 Å². The molecule has 4 aromatic rings. The summed E-state index contributed by atoms with van der Waals surface area (Å²) in [5.41, 5.74) is 1.95. The molecular formula is C22H21ClN4O4. The van der Waals surface area contributed by atoms with Crippen LogP contribution in [0.3, 0.4) is 0 Å². The summed E-state index contributed by atoms with van der Waals surface area (Å²) in [6.07, 6.45) is 3.20. The minimum atomic E-state index is -0.355. The molecule has 31 heavy (non-hydrogen) atoms. The van der Waals surface area contributed by atoms with Crippen LogP contribution in [0.4, 0.5) is 5.69 Å². The number of halogens is 1. The molecular weight excluding hydrogens is 420 g/mol. The van der Waals surface area contributed by atoms with Gasteiger partial charge in [0.25, 0.3) is 5.91 Å². The van der Waals surface area contributed by atoms with E-state index in [1.807, 2.05) is 13.8 Å². The van der Waals surface area contributed by atoms with Gasteiger partial charge in [-0.05, 0) is 32.0 Å². The van der Waals surface area contributed by atoms with Crippen molar-refractivity contribution in [2.75, 3.05) is 19.5 Å². The Morgan fingerprint density at radius 3 is 2.61 bits per heavy atom. The van der Waals surface area contributed by atoms with E-state index >= 15 is 0 Å². The molecule has 1 aromatic carbocycles. The molecule has 8 nitrogen and oxygen atoms in total. The summed E-state index contributed by atoms with van der Waals surface area (Å²) in [7, 11) is 3.00. The Balaban J connectivity index is 1.83. The molecule has 3 heterocycles. The van der Waals surface area contributed by atoms with Crippen LogP contribution in [0.1, 0.15) is 30.2 Å². The van der Waals surface area contributed by atoms with Gasteiger partial charge in [-0.15, -0.1) is 0 Å². The lowest BCUT2D eigenvalue weighted by Crippen LogP contribution is -2.14. The van der Waals surface area contributed by atoms with E-state index in [0.29, 0.717) is 50.3 Å². The lowest BCUT2D eigenvalue weighted by Gasteiger charge is -2.14. The minimum absolute atomic E-state index is 0.0633. The number of hydrogen-bond donors (Lipinski definition) is 1. The second-order valence-electron chi connectivity index (χ2n) is 7.09. The number of fused-ring (bicyclic) bond motifs is 1. The van der Waals surface area contributed by atoms with Crippen LogP contribution in [0.25, 0.3) is 22.5 Å². The predicted octanol–water partition coefficient (Wildman–Crippen LogP) is 5.20. The number of anilines is 1. The number of amides is 1. The van der Waals surface area contributed by atoms with Gasteiger partial charge >= 0.3 is 0 Å². The van der Waals surface area contributed by atoms with E-state index in [9.17, 15) is 4.79 Å². The van der Waals surface area contributed by atoms with Crippen molar-refractivity contribution in [1.29, 1.82) is 0 Å². The van der Waals surface area contributed by atoms with Gasteiger partial charge in [0, 0.05) is 18.2 Å². The average molecular weight is 441 g/mol. The molecule has 0 spiro atoms. The molecule has 0 aliphatic rings. The highest BCUT2D eigenvalue weighted by atomic mass is 35.5. The summed E-state index contributed by atoms with van der Waals surface area (Å²) in [5.74, 6) is 1.03. The first-order chi connectivity index (χ1) is 14.9. The minimum Gasteiger partial charge on any atom is -0.495 e. The number of benzene rings is 1. The number of furan rings is 1. The number of carbonyl (C=O) groups excluding carboxylic acids is 1. The van der Waals surface area contributed by atoms with Gasteiger partial charge in [0.2, 0.25) is 0 Å². The highest BCUT2D eigenvalue weighted by molar-refractivity contribution is 6.32. The molecule has 0 saturated heterocycles. The van der Waals surface area contributed by atoms with Gasteiger partial charge in [-0.3, -0.25) is 4.79 Å². The second-order valence-corrected chi connectivity index (χ2v) is 7.50. The Morgan fingerprint density at radius 1 is 1.19 bits per heavy atom. The van der Waals surface area contributed by atoms with Crippen LogP contribution in [0.15, 0.2) is 47.2 Å². The molecule has 160 valence electrons. The molecule has 0 aliphatic carbocycles. The summed E-state index contributed by atoms with van der Waals surface area (Å²) in [6.45, 7) is 4.00. The number of methoxy groups -OCH3 is 2. The molecule has 0 fully saturated rings. The van der Waals surface area contributed by atoms with Gasteiger partial charge in [-0.25, -0.2) is 9.67 Å². The smallest absolute Gasteiger partial charge is 0.256 e. The number of ether oxygens (including phenoxy) is 2. The van der Waals surface area contributed by atoms with E-state index in [-0.39, 0.29) is 11.9 Å². The standard InChI is InChI=1S/C22H21ClN4O4/c1-12(2)27-21-14(11-24-27)13(8-16(25-21)18-6-5-7-31-18)22(28)26-17-10-19(29-3)15(23)9-20(17)30-4/h5-12H,1-4H3,(H,26,28). The maximum absolute atomic E-state index is 13.3. The quantitative estimate of drug-likeness (QED) is 0.443. The van der Waals surface area contributed by atoms with E-state index in [4.69, 9.17) is 25.5 Å². The van der Waals surface area contributed by atoms with Crippen LogP contribution < -0.4 is 14.8 Å². The first-order valence-electron chi connectivity index (χ1n) is 9.58. The molecule has 4 rings (SSSR count). The highest BCUT2D eigenvalue weighted by Crippen LogP contribution is 2.36. The van der Waals surface area contributed by atoms with Crippen LogP contribution in [0, 0.1) is 0 Å². The first kappa shape index (κ1) is 20.7. The van der Waals surface area contributed by atoms with Crippen LogP contribution in [-0.2, 0) is 0 Å². The van der Waals surface area contributed by atoms with Crippen LogP contribution in [0.5, 0.6) is 11.5 Å². The lowest BCUT2D eigenvalue weighted by atomic mass is 10.1. The molecule has 9 heteroatoms. The summed E-state index contributed by atoms with van der Waals surface area (Å²) in [4.78, 5) is 18.0. The van der Waals surface area contributed by atoms with E-state index in [1.54, 1.807) is 47.5 Å². The number of carbonyl (C=O) groups is 1. The molecule has 0 saturated carbocycles. The Kier molecular flexibility index (Phi) is 5.56. The molecule has 0 radical (unpaired) electrons. The predicted molar refractivity (Wildman–Crippen MR) is 118 cm³/mol. The van der Waals surface area contributed by atoms with Gasteiger partial charge in [-0.1, -0.05) is 11.6 Å². The number of aromatic nitrogens is 3. The number of nitrogens with one attached hydrogen (secondary N) is 1. The number of hydrogen-bond acceptors (Lipinski definition) is 6. The third-order valence-electron chi connectivity index (χ3n) is 4.80. The zero-order chi connectivity index (χ0) is 22.1. The van der Waals surface area contributed by atoms with Crippen molar-refractivity contribution in [3.63, 3.8) is 0 Å². The molecule has 0 unspecified atom stereocenters. The van der Waals surface area contributed by atoms with Crippen molar-refractivity contribution in [2.24, 2.45) is 0 Å². The summed E-state index contributed by atoms with van der Waals surface area (Å²) >= 11 is 6.17. The first-order valence-corrected chi connectivity index (χ1v) is 9.95. The van der Waals surface area contributed by atoms with Crippen LogP contribution >= 0.6 is 11.6 Å². The topological polar surface area (TPSA) is 91.4 Å². The molecule has 1 N–H and O–H groups in total. The fourth-order valence-electron chi connectivity index (χ4n) is 3.28. The monoisotopic (exact) mass is 440 g/mol. The summed E-state index contributed by atoms with van der Waals surface area (Å²) in [6, 6.07) is 8.51. The molecule has 0 aliphatic heterocycles. The maximum Gasteiger partial charge on any atom is 0.256 e. The SMILES string of the molecule is COc1cc(NC(=O)c2cc(-c3ccco3)nc3c2cnn3C(C)C)c(OC)cc1Cl. The van der Waals surface area contributed by atoms with Gasteiger partial charge < -0.3 is 19.2 Å². The van der Waals surface area contributed by atoms with Gasteiger partial charge in [0.05, 0.1) is 48.3 Å². The fourth-order valence-corrected chi connectivity index (χ4v) is 3.51. The molecule has 0 bridgehead atoms. The van der Waals surface area contributed by atoms with Gasteiger partial charge in [-0.2, -0.15) is 5.10 Å². The van der Waals surface area contributed by atoms with E-state index in [2.05, 4.69) is 15.4 Å². The van der Waals surface area contributed by atoms with E-state index < -0.39 is 0 Å². The van der Waals surface area contributed by atoms with Gasteiger partial charge in [0.1, 0.15) is 17.2 Å². The largest absolute Gasteiger partial charge is 0.495 e. The number of nitrogens with zero attached hydrogens (tertiary/aromatic N) is 3. The van der Waals surface area contributed by atoms with Crippen molar-refractivity contribution in [3.8, 4) is 23.0 Å². The van der Waals surface area contributed by atoms with Crippen molar-refractivity contribution >= 4 is 34.2 Å². The summed E-state index contributed by atoms with van der Waals surface area (Å²) in [5, 5.41) is 8.31. The van der Waals surface area contributed by atoms with Gasteiger partial charge in [0.15, 0.2) is 11.4 Å². The fraction of sp³-hybridized carbons (Fsp3) is 0.227. The molecule has 0 atom stereocenters. The second kappa shape index (κ2) is 8.31. The van der Waals surface area contributed by atoms with Crippen molar-refractivity contribution in [1.82, 2.24) is 14.8 Å². The zero-order valence-corrected chi connectivity index (χ0v) is 18.2. The highest BCUT2D eigenvalue weighted by Gasteiger charge is 2.21. The maximum atomic E-state index is 13.3. The third-order valence-corrected chi connectivity index (χ3v) is 5.09. The Morgan fingerprint density at radius 2 is 1.97 bits per heavy atom. The number of rotatable bonds is 6. The third kappa shape index (κ3) is 3.82. The van der Waals surface area contributed by atoms with Crippen molar-refractivity contribution < 1.29 is 18.7 Å². The Labute approximate surface area is 183 Å².